The summed E-state index contributed by atoms with van der Waals surface area (Å²) in [5.41, 5.74) is 1.06. The van der Waals surface area contributed by atoms with E-state index in [1.54, 1.807) is 30.3 Å². The van der Waals surface area contributed by atoms with Gasteiger partial charge in [-0.2, -0.15) is 0 Å². The highest BCUT2D eigenvalue weighted by Crippen LogP contribution is 2.15. The zero-order valence-corrected chi connectivity index (χ0v) is 12.1. The van der Waals surface area contributed by atoms with Crippen molar-refractivity contribution in [1.29, 1.82) is 0 Å². The van der Waals surface area contributed by atoms with Gasteiger partial charge in [0.15, 0.2) is 0 Å². The Morgan fingerprint density at radius 1 is 1.10 bits per heavy atom. The molecule has 6 heteroatoms. The highest BCUT2D eigenvalue weighted by atomic mass is 32.2. The van der Waals surface area contributed by atoms with Crippen molar-refractivity contribution in [2.75, 3.05) is 6.54 Å². The van der Waals surface area contributed by atoms with E-state index < -0.39 is 10.0 Å². The first-order valence-electron chi connectivity index (χ1n) is 6.46. The lowest BCUT2D eigenvalue weighted by atomic mass is 10.1. The van der Waals surface area contributed by atoms with Crippen LogP contribution < -0.4 is 4.72 Å². The minimum atomic E-state index is -3.69. The number of aliphatic hydroxyl groups is 1. The molecule has 0 heterocycles. The van der Waals surface area contributed by atoms with Crippen LogP contribution in [0.25, 0.3) is 0 Å². The smallest absolute Gasteiger partial charge is 0.240 e. The van der Waals surface area contributed by atoms with Gasteiger partial charge in [-0.15, -0.1) is 0 Å². The summed E-state index contributed by atoms with van der Waals surface area (Å²) in [6.07, 6.45) is 0.387. The lowest BCUT2D eigenvalue weighted by Crippen LogP contribution is -2.27. The molecule has 0 unspecified atom stereocenters. The van der Waals surface area contributed by atoms with E-state index in [-0.39, 0.29) is 23.9 Å². The highest BCUT2D eigenvalue weighted by molar-refractivity contribution is 7.89. The van der Waals surface area contributed by atoms with Gasteiger partial charge in [0.2, 0.25) is 10.0 Å². The van der Waals surface area contributed by atoms with Crippen molar-refractivity contribution in [2.24, 2.45) is 0 Å². The SMILES string of the molecule is O=S(=O)(NCCc1cccc(F)c1)c1ccccc1CO. The first-order chi connectivity index (χ1) is 10.0. The maximum absolute atomic E-state index is 13.0. The monoisotopic (exact) mass is 309 g/mol. The lowest BCUT2D eigenvalue weighted by molar-refractivity contribution is 0.278. The van der Waals surface area contributed by atoms with Crippen molar-refractivity contribution in [2.45, 2.75) is 17.9 Å². The molecule has 4 nitrogen and oxygen atoms in total. The molecule has 21 heavy (non-hydrogen) atoms. The summed E-state index contributed by atoms with van der Waals surface area (Å²) in [7, 11) is -3.69. The van der Waals surface area contributed by atoms with Crippen LogP contribution in [0.1, 0.15) is 11.1 Å². The topological polar surface area (TPSA) is 66.4 Å². The molecular formula is C15H16FNO3S. The Hall–Kier alpha value is -1.76. The Labute approximate surface area is 123 Å². The molecule has 0 aromatic heterocycles. The van der Waals surface area contributed by atoms with Crippen LogP contribution >= 0.6 is 0 Å². The quantitative estimate of drug-likeness (QED) is 0.855. The summed E-state index contributed by atoms with van der Waals surface area (Å²) in [6.45, 7) is -0.188. The first-order valence-corrected chi connectivity index (χ1v) is 7.94. The van der Waals surface area contributed by atoms with Crippen molar-refractivity contribution in [1.82, 2.24) is 4.72 Å². The first kappa shape index (κ1) is 15.6. The fourth-order valence-electron chi connectivity index (χ4n) is 2.00. The molecule has 2 aromatic rings. The second kappa shape index (κ2) is 6.80. The second-order valence-corrected chi connectivity index (χ2v) is 6.28. The van der Waals surface area contributed by atoms with E-state index in [2.05, 4.69) is 4.72 Å². The minimum Gasteiger partial charge on any atom is -0.392 e. The average Bonchev–Trinajstić information content (AvgIpc) is 2.47. The fourth-order valence-corrected chi connectivity index (χ4v) is 3.26. The van der Waals surface area contributed by atoms with Gasteiger partial charge in [-0.1, -0.05) is 30.3 Å². The maximum Gasteiger partial charge on any atom is 0.240 e. The van der Waals surface area contributed by atoms with E-state index in [0.29, 0.717) is 17.5 Å². The van der Waals surface area contributed by atoms with E-state index in [1.807, 2.05) is 0 Å². The van der Waals surface area contributed by atoms with Crippen LogP contribution in [0.15, 0.2) is 53.4 Å². The Morgan fingerprint density at radius 2 is 1.86 bits per heavy atom. The fraction of sp³-hybridized carbons (Fsp3) is 0.200. The molecular weight excluding hydrogens is 293 g/mol. The van der Waals surface area contributed by atoms with E-state index in [0.717, 1.165) is 0 Å². The van der Waals surface area contributed by atoms with Gasteiger partial charge < -0.3 is 5.11 Å². The third-order valence-electron chi connectivity index (χ3n) is 3.03. The Bertz CT molecular complexity index is 716. The van der Waals surface area contributed by atoms with Gasteiger partial charge in [0.05, 0.1) is 11.5 Å². The van der Waals surface area contributed by atoms with Crippen molar-refractivity contribution in [3.63, 3.8) is 0 Å². The molecule has 0 saturated heterocycles. The molecule has 112 valence electrons. The molecule has 2 N–H and O–H groups in total. The molecule has 0 amide bonds. The normalized spacial score (nSPS) is 11.5. The summed E-state index contributed by atoms with van der Waals surface area (Å²) in [5, 5.41) is 9.18. The van der Waals surface area contributed by atoms with Gasteiger partial charge in [-0.25, -0.2) is 17.5 Å². The van der Waals surface area contributed by atoms with Crippen molar-refractivity contribution >= 4 is 10.0 Å². The molecule has 0 aliphatic heterocycles. The number of sulfonamides is 1. The Morgan fingerprint density at radius 3 is 2.57 bits per heavy atom. The van der Waals surface area contributed by atoms with Gasteiger partial charge in [-0.05, 0) is 35.7 Å². The highest BCUT2D eigenvalue weighted by Gasteiger charge is 2.16. The molecule has 0 fully saturated rings. The van der Waals surface area contributed by atoms with Crippen LogP contribution in [-0.4, -0.2) is 20.1 Å². The molecule has 0 bridgehead atoms. The van der Waals surface area contributed by atoms with Gasteiger partial charge in [-0.3, -0.25) is 0 Å². The number of nitrogens with one attached hydrogen (secondary N) is 1. The van der Waals surface area contributed by atoms with Crippen molar-refractivity contribution < 1.29 is 17.9 Å². The van der Waals surface area contributed by atoms with Crippen LogP contribution in [0.5, 0.6) is 0 Å². The standard InChI is InChI=1S/C15H16FNO3S/c16-14-6-3-4-12(10-14)8-9-17-21(19,20)15-7-2-1-5-13(15)11-18/h1-7,10,17-18H,8-9,11H2. The van der Waals surface area contributed by atoms with Crippen molar-refractivity contribution in [3.8, 4) is 0 Å². The summed E-state index contributed by atoms with van der Waals surface area (Å²) >= 11 is 0. The molecule has 0 radical (unpaired) electrons. The lowest BCUT2D eigenvalue weighted by Gasteiger charge is -2.10. The molecule has 0 aliphatic rings. The molecule has 2 aromatic carbocycles. The number of halogens is 1. The predicted octanol–water partition coefficient (Wildman–Crippen LogP) is 1.84. The summed E-state index contributed by atoms with van der Waals surface area (Å²) < 4.78 is 39.8. The molecule has 0 saturated carbocycles. The third-order valence-corrected chi connectivity index (χ3v) is 4.59. The van der Waals surface area contributed by atoms with E-state index in [9.17, 15) is 17.9 Å². The van der Waals surface area contributed by atoms with E-state index in [4.69, 9.17) is 0 Å². The number of hydrogen-bond acceptors (Lipinski definition) is 3. The maximum atomic E-state index is 13.0. The van der Waals surface area contributed by atoms with Gasteiger partial charge in [0.25, 0.3) is 0 Å². The summed E-state index contributed by atoms with van der Waals surface area (Å²) in [6, 6.07) is 12.3. The Kier molecular flexibility index (Phi) is 5.06. The van der Waals surface area contributed by atoms with E-state index in [1.165, 1.54) is 18.2 Å². The number of aliphatic hydroxyl groups excluding tert-OH is 1. The second-order valence-electron chi connectivity index (χ2n) is 4.54. The van der Waals surface area contributed by atoms with Crippen LogP contribution in [0.4, 0.5) is 4.39 Å². The number of benzene rings is 2. The van der Waals surface area contributed by atoms with Crippen molar-refractivity contribution in [3.05, 3.63) is 65.5 Å². The zero-order chi connectivity index (χ0) is 15.3. The van der Waals surface area contributed by atoms with Gasteiger partial charge >= 0.3 is 0 Å². The molecule has 0 aliphatic carbocycles. The molecule has 2 rings (SSSR count). The summed E-state index contributed by atoms with van der Waals surface area (Å²) in [4.78, 5) is 0.0618. The van der Waals surface area contributed by atoms with Crippen LogP contribution in [0.3, 0.4) is 0 Å². The number of rotatable bonds is 6. The largest absolute Gasteiger partial charge is 0.392 e. The zero-order valence-electron chi connectivity index (χ0n) is 11.3. The van der Waals surface area contributed by atoms with Gasteiger partial charge in [0.1, 0.15) is 5.82 Å². The van der Waals surface area contributed by atoms with Crippen LogP contribution in [-0.2, 0) is 23.1 Å². The summed E-state index contributed by atoms with van der Waals surface area (Å²) in [5.74, 6) is -0.346. The van der Waals surface area contributed by atoms with Crippen LogP contribution in [0.2, 0.25) is 0 Å². The van der Waals surface area contributed by atoms with Gasteiger partial charge in [0, 0.05) is 6.54 Å². The predicted molar refractivity (Wildman–Crippen MR) is 77.7 cm³/mol. The molecule has 0 atom stereocenters. The third kappa shape index (κ3) is 4.10. The van der Waals surface area contributed by atoms with E-state index >= 15 is 0 Å². The number of hydrogen-bond donors (Lipinski definition) is 2. The molecule has 0 spiro atoms. The van der Waals surface area contributed by atoms with Crippen LogP contribution in [0, 0.1) is 5.82 Å². The average molecular weight is 309 g/mol. The minimum absolute atomic E-state index is 0.0618. The Balaban J connectivity index is 2.05.